The minimum Gasteiger partial charge on any atom is -0.493 e. The van der Waals surface area contributed by atoms with Crippen molar-refractivity contribution in [2.75, 3.05) is 24.0 Å². The largest absolute Gasteiger partial charge is 0.493 e. The molecule has 3 unspecified atom stereocenters. The van der Waals surface area contributed by atoms with Gasteiger partial charge >= 0.3 is 0 Å². The first-order chi connectivity index (χ1) is 9.59. The van der Waals surface area contributed by atoms with E-state index in [2.05, 4.69) is 6.07 Å². The van der Waals surface area contributed by atoms with Crippen LogP contribution in [0, 0.1) is 11.8 Å². The lowest BCUT2D eigenvalue weighted by atomic mass is 9.83. The molecule has 1 aromatic rings. The van der Waals surface area contributed by atoms with Gasteiger partial charge in [-0.25, -0.2) is 8.42 Å². The van der Waals surface area contributed by atoms with Crippen LogP contribution in [-0.2, 0) is 9.84 Å². The summed E-state index contributed by atoms with van der Waals surface area (Å²) in [5.74, 6) is 2.93. The number of sulfone groups is 1. The number of hydrogen-bond donors (Lipinski definition) is 0. The van der Waals surface area contributed by atoms with E-state index >= 15 is 0 Å². The molecule has 1 aromatic carbocycles. The molecule has 0 amide bonds. The maximum atomic E-state index is 11.6. The van der Waals surface area contributed by atoms with Crippen LogP contribution in [0.25, 0.3) is 0 Å². The van der Waals surface area contributed by atoms with E-state index in [0.29, 0.717) is 29.9 Å². The Hall–Kier alpha value is -0.740. The summed E-state index contributed by atoms with van der Waals surface area (Å²) in [5, 5.41) is 0. The van der Waals surface area contributed by atoms with Crippen LogP contribution in [0.3, 0.4) is 0 Å². The van der Waals surface area contributed by atoms with Gasteiger partial charge in [0.1, 0.15) is 5.75 Å². The zero-order valence-corrected chi connectivity index (χ0v) is 12.9. The Morgan fingerprint density at radius 3 is 2.85 bits per heavy atom. The lowest BCUT2D eigenvalue weighted by molar-refractivity contribution is 0.286. The third-order valence-corrected chi connectivity index (χ3v) is 6.71. The molecule has 2 heterocycles. The van der Waals surface area contributed by atoms with Crippen molar-refractivity contribution >= 4 is 21.4 Å². The lowest BCUT2D eigenvalue weighted by Gasteiger charge is -2.22. The fourth-order valence-electron chi connectivity index (χ4n) is 3.37. The molecule has 0 radical (unpaired) electrons. The van der Waals surface area contributed by atoms with Crippen molar-refractivity contribution in [2.45, 2.75) is 18.8 Å². The van der Waals surface area contributed by atoms with Crippen molar-refractivity contribution in [3.8, 4) is 5.75 Å². The van der Waals surface area contributed by atoms with Gasteiger partial charge in [-0.2, -0.15) is 0 Å². The van der Waals surface area contributed by atoms with Gasteiger partial charge in [0.15, 0.2) is 9.84 Å². The van der Waals surface area contributed by atoms with E-state index in [1.807, 2.05) is 18.2 Å². The summed E-state index contributed by atoms with van der Waals surface area (Å²) in [6.07, 6.45) is 1.68. The molecule has 0 aliphatic carbocycles. The number of benzene rings is 1. The first kappa shape index (κ1) is 14.2. The molecule has 110 valence electrons. The molecule has 2 aliphatic heterocycles. The third kappa shape index (κ3) is 2.82. The summed E-state index contributed by atoms with van der Waals surface area (Å²) >= 11 is 6.11. The highest BCUT2D eigenvalue weighted by Crippen LogP contribution is 2.40. The smallest absolute Gasteiger partial charge is 0.150 e. The molecule has 0 spiro atoms. The van der Waals surface area contributed by atoms with Gasteiger partial charge in [-0.05, 0) is 30.7 Å². The van der Waals surface area contributed by atoms with Crippen molar-refractivity contribution in [1.82, 2.24) is 0 Å². The molecule has 3 nitrogen and oxygen atoms in total. The second-order valence-electron chi connectivity index (χ2n) is 5.86. The molecule has 3 atom stereocenters. The van der Waals surface area contributed by atoms with Crippen LogP contribution in [0.15, 0.2) is 24.3 Å². The number of halogens is 1. The Balaban J connectivity index is 1.71. The van der Waals surface area contributed by atoms with Gasteiger partial charge in [0.05, 0.1) is 18.1 Å². The highest BCUT2D eigenvalue weighted by Gasteiger charge is 2.36. The highest BCUT2D eigenvalue weighted by molar-refractivity contribution is 7.91. The number of ether oxygens (including phenoxy) is 1. The average Bonchev–Trinajstić information content (AvgIpc) is 2.99. The summed E-state index contributed by atoms with van der Waals surface area (Å²) in [6, 6.07) is 8.09. The number of para-hydroxylation sites is 1. The summed E-state index contributed by atoms with van der Waals surface area (Å²) < 4.78 is 29.0. The molecule has 20 heavy (non-hydrogen) atoms. The number of rotatable bonds is 4. The lowest BCUT2D eigenvalue weighted by Crippen LogP contribution is -2.21. The predicted octanol–water partition coefficient (Wildman–Crippen LogP) is 2.84. The van der Waals surface area contributed by atoms with Crippen molar-refractivity contribution in [3.05, 3.63) is 29.8 Å². The minimum absolute atomic E-state index is 0.213. The van der Waals surface area contributed by atoms with Gasteiger partial charge in [-0.3, -0.25) is 0 Å². The van der Waals surface area contributed by atoms with E-state index in [-0.39, 0.29) is 11.8 Å². The van der Waals surface area contributed by atoms with Gasteiger partial charge in [-0.1, -0.05) is 18.2 Å². The topological polar surface area (TPSA) is 43.4 Å². The van der Waals surface area contributed by atoms with E-state index in [4.69, 9.17) is 16.3 Å². The average molecular weight is 315 g/mol. The molecule has 0 aromatic heterocycles. The molecule has 3 rings (SSSR count). The molecule has 2 aliphatic rings. The van der Waals surface area contributed by atoms with Crippen molar-refractivity contribution in [3.63, 3.8) is 0 Å². The Morgan fingerprint density at radius 1 is 1.35 bits per heavy atom. The monoisotopic (exact) mass is 314 g/mol. The van der Waals surface area contributed by atoms with E-state index in [0.717, 1.165) is 18.6 Å². The van der Waals surface area contributed by atoms with Crippen LogP contribution in [0.4, 0.5) is 0 Å². The molecular formula is C15H19ClO3S. The second kappa shape index (κ2) is 5.57. The van der Waals surface area contributed by atoms with Crippen molar-refractivity contribution in [1.29, 1.82) is 0 Å². The molecule has 1 saturated heterocycles. The minimum atomic E-state index is -2.83. The fourth-order valence-corrected chi connectivity index (χ4v) is 5.66. The molecule has 0 bridgehead atoms. The molecule has 0 saturated carbocycles. The zero-order chi connectivity index (χ0) is 14.2. The molecule has 0 N–H and O–H groups in total. The molecular weight excluding hydrogens is 296 g/mol. The summed E-state index contributed by atoms with van der Waals surface area (Å²) in [4.78, 5) is 0. The normalized spacial score (nSPS) is 28.9. The Labute approximate surface area is 125 Å². The van der Waals surface area contributed by atoms with Crippen LogP contribution in [-0.4, -0.2) is 32.4 Å². The van der Waals surface area contributed by atoms with Crippen LogP contribution in [0.5, 0.6) is 5.75 Å². The van der Waals surface area contributed by atoms with Gasteiger partial charge < -0.3 is 4.74 Å². The highest BCUT2D eigenvalue weighted by atomic mass is 35.5. The summed E-state index contributed by atoms with van der Waals surface area (Å²) in [7, 11) is -2.83. The maximum Gasteiger partial charge on any atom is 0.150 e. The van der Waals surface area contributed by atoms with Crippen molar-refractivity contribution in [2.24, 2.45) is 11.8 Å². The quantitative estimate of drug-likeness (QED) is 0.803. The van der Waals surface area contributed by atoms with E-state index < -0.39 is 9.84 Å². The Kier molecular flexibility index (Phi) is 3.95. The fraction of sp³-hybridized carbons (Fsp3) is 0.600. The number of hydrogen-bond acceptors (Lipinski definition) is 3. The zero-order valence-electron chi connectivity index (χ0n) is 11.3. The first-order valence-electron chi connectivity index (χ1n) is 7.07. The number of fused-ring (bicyclic) bond motifs is 1. The van der Waals surface area contributed by atoms with Gasteiger partial charge in [0, 0.05) is 17.4 Å². The molecule has 1 fully saturated rings. The number of alkyl halides is 1. The van der Waals surface area contributed by atoms with Gasteiger partial charge in [0.2, 0.25) is 0 Å². The van der Waals surface area contributed by atoms with E-state index in [9.17, 15) is 8.42 Å². The third-order valence-electron chi connectivity index (χ3n) is 4.52. The standard InChI is InChI=1S/C15H19ClO3S/c16-8-12(11-5-6-20(17,18)10-11)7-13-9-19-15-4-2-1-3-14(13)15/h1-4,11-13H,5-10H2. The van der Waals surface area contributed by atoms with Gasteiger partial charge in [0.25, 0.3) is 0 Å². The van der Waals surface area contributed by atoms with Crippen molar-refractivity contribution < 1.29 is 13.2 Å². The van der Waals surface area contributed by atoms with Crippen LogP contribution >= 0.6 is 11.6 Å². The summed E-state index contributed by atoms with van der Waals surface area (Å²) in [6.45, 7) is 0.687. The summed E-state index contributed by atoms with van der Waals surface area (Å²) in [5.41, 5.74) is 1.24. The Bertz CT molecular complexity index is 585. The van der Waals surface area contributed by atoms with E-state index in [1.165, 1.54) is 5.56 Å². The first-order valence-corrected chi connectivity index (χ1v) is 9.43. The van der Waals surface area contributed by atoms with Crippen LogP contribution < -0.4 is 4.74 Å². The van der Waals surface area contributed by atoms with Crippen LogP contribution in [0.2, 0.25) is 0 Å². The Morgan fingerprint density at radius 2 is 2.15 bits per heavy atom. The SMILES string of the molecule is O=S1(=O)CCC(C(CCl)CC2COc3ccccc32)C1. The maximum absolute atomic E-state index is 11.6. The van der Waals surface area contributed by atoms with Crippen LogP contribution in [0.1, 0.15) is 24.3 Å². The molecule has 5 heteroatoms. The predicted molar refractivity (Wildman–Crippen MR) is 80.3 cm³/mol. The second-order valence-corrected chi connectivity index (χ2v) is 8.40. The van der Waals surface area contributed by atoms with E-state index in [1.54, 1.807) is 0 Å². The van der Waals surface area contributed by atoms with Gasteiger partial charge in [-0.15, -0.1) is 11.6 Å².